The van der Waals surface area contributed by atoms with Crippen molar-refractivity contribution in [1.29, 1.82) is 0 Å². The van der Waals surface area contributed by atoms with Crippen LogP contribution in [-0.4, -0.2) is 50.1 Å². The largest absolute Gasteiger partial charge is 0.392 e. The second-order valence-electron chi connectivity index (χ2n) is 15.6. The van der Waals surface area contributed by atoms with Gasteiger partial charge in [-0.2, -0.15) is 4.72 Å². The molecule has 9 nitrogen and oxygen atoms in total. The smallest absolute Gasteiger partial charge is 0.241 e. The molecule has 0 unspecified atom stereocenters. The highest BCUT2D eigenvalue weighted by atomic mass is 32.2. The van der Waals surface area contributed by atoms with Crippen LogP contribution in [-0.2, 0) is 43.9 Å². The van der Waals surface area contributed by atoms with Crippen molar-refractivity contribution < 1.29 is 27.8 Å². The van der Waals surface area contributed by atoms with E-state index in [4.69, 9.17) is 9.47 Å². The van der Waals surface area contributed by atoms with E-state index < -0.39 is 28.3 Å². The quantitative estimate of drug-likeness (QED) is 0.0896. The Labute approximate surface area is 354 Å². The van der Waals surface area contributed by atoms with Crippen molar-refractivity contribution in [2.24, 2.45) is 0 Å². The number of aliphatic hydroxyl groups is 1. The Morgan fingerprint density at radius 1 is 0.750 bits per heavy atom. The van der Waals surface area contributed by atoms with E-state index in [0.717, 1.165) is 44.5 Å². The average molecular weight is 824 g/mol. The average Bonchev–Trinajstić information content (AvgIpc) is 3.28. The molecule has 0 aliphatic carbocycles. The van der Waals surface area contributed by atoms with Crippen molar-refractivity contribution >= 4 is 15.9 Å². The van der Waals surface area contributed by atoms with E-state index >= 15 is 0 Å². The van der Waals surface area contributed by atoms with Crippen molar-refractivity contribution in [3.8, 4) is 11.1 Å². The Bertz CT molecular complexity index is 2430. The van der Waals surface area contributed by atoms with Crippen LogP contribution in [0.25, 0.3) is 11.1 Å². The molecular formula is C50H53N3O6S. The number of carbonyl (C=O) groups is 1. The summed E-state index contributed by atoms with van der Waals surface area (Å²) in [5.74, 6) is -0.424. The molecule has 0 bridgehead atoms. The fourth-order valence-corrected chi connectivity index (χ4v) is 8.74. The van der Waals surface area contributed by atoms with Crippen LogP contribution < -0.4 is 10.0 Å². The maximum Gasteiger partial charge on any atom is 0.241 e. The van der Waals surface area contributed by atoms with E-state index in [1.54, 1.807) is 24.3 Å². The summed E-state index contributed by atoms with van der Waals surface area (Å²) in [4.78, 5) is 16.2. The number of carbonyl (C=O) groups excluding carboxylic acids is 1. The molecule has 0 aromatic heterocycles. The molecule has 1 saturated heterocycles. The molecule has 1 aliphatic rings. The van der Waals surface area contributed by atoms with Crippen molar-refractivity contribution in [3.05, 3.63) is 197 Å². The first-order valence-corrected chi connectivity index (χ1v) is 21.9. The van der Waals surface area contributed by atoms with Gasteiger partial charge in [0.15, 0.2) is 6.29 Å². The predicted molar refractivity (Wildman–Crippen MR) is 235 cm³/mol. The van der Waals surface area contributed by atoms with Gasteiger partial charge in [0.1, 0.15) is 6.04 Å². The molecule has 310 valence electrons. The lowest BCUT2D eigenvalue weighted by molar-refractivity contribution is -0.253. The third kappa shape index (κ3) is 11.0. The molecule has 0 spiro atoms. The third-order valence-electron chi connectivity index (χ3n) is 11.2. The van der Waals surface area contributed by atoms with E-state index in [1.165, 1.54) is 5.56 Å². The molecule has 7 rings (SSSR count). The van der Waals surface area contributed by atoms with Crippen molar-refractivity contribution in [2.75, 3.05) is 13.6 Å². The molecule has 5 atom stereocenters. The number of amides is 1. The number of hydrogen-bond acceptors (Lipinski definition) is 7. The molecule has 60 heavy (non-hydrogen) atoms. The normalized spacial score (nSPS) is 17.9. The summed E-state index contributed by atoms with van der Waals surface area (Å²) in [7, 11) is -1.85. The van der Waals surface area contributed by atoms with Crippen LogP contribution >= 0.6 is 0 Å². The predicted octanol–water partition coefficient (Wildman–Crippen LogP) is 8.60. The summed E-state index contributed by atoms with van der Waals surface area (Å²) in [6, 6.07) is 49.5. The summed E-state index contributed by atoms with van der Waals surface area (Å²) in [6.45, 7) is 4.98. The number of nitrogens with zero attached hydrogens (tertiary/aromatic N) is 1. The van der Waals surface area contributed by atoms with Gasteiger partial charge < -0.3 is 19.9 Å². The lowest BCUT2D eigenvalue weighted by Crippen LogP contribution is -2.47. The molecule has 6 aromatic rings. The van der Waals surface area contributed by atoms with E-state index in [0.29, 0.717) is 13.0 Å². The first kappa shape index (κ1) is 42.7. The highest BCUT2D eigenvalue weighted by Crippen LogP contribution is 2.39. The lowest BCUT2D eigenvalue weighted by Gasteiger charge is -2.39. The summed E-state index contributed by atoms with van der Waals surface area (Å²) < 4.78 is 42.9. The number of ether oxygens (including phenoxy) is 2. The number of nitrogens with one attached hydrogen (secondary N) is 2. The van der Waals surface area contributed by atoms with Gasteiger partial charge in [0, 0.05) is 31.1 Å². The van der Waals surface area contributed by atoms with Crippen LogP contribution in [0, 0.1) is 6.92 Å². The molecule has 10 heteroatoms. The first-order valence-electron chi connectivity index (χ1n) is 20.4. The lowest BCUT2D eigenvalue weighted by atomic mass is 9.98. The van der Waals surface area contributed by atoms with Crippen LogP contribution in [0.3, 0.4) is 0 Å². The Balaban J connectivity index is 1.07. The number of rotatable bonds is 16. The number of likely N-dealkylation sites (N-methyl/N-ethyl adjacent to an activating group) is 1. The van der Waals surface area contributed by atoms with Gasteiger partial charge >= 0.3 is 0 Å². The topological polar surface area (TPSA) is 117 Å². The van der Waals surface area contributed by atoms with Gasteiger partial charge in [0.25, 0.3) is 0 Å². The molecular weight excluding hydrogens is 771 g/mol. The minimum Gasteiger partial charge on any atom is -0.392 e. The maximum absolute atomic E-state index is 13.7. The monoisotopic (exact) mass is 823 g/mol. The fourth-order valence-electron chi connectivity index (χ4n) is 7.55. The number of hydrogen-bond donors (Lipinski definition) is 3. The van der Waals surface area contributed by atoms with Gasteiger partial charge in [-0.15, -0.1) is 0 Å². The maximum atomic E-state index is 13.7. The minimum atomic E-state index is -3.97. The Morgan fingerprint density at radius 2 is 1.40 bits per heavy atom. The van der Waals surface area contributed by atoms with E-state index in [1.807, 2.05) is 110 Å². The van der Waals surface area contributed by atoms with Crippen LogP contribution in [0.5, 0.6) is 0 Å². The highest BCUT2D eigenvalue weighted by Gasteiger charge is 2.34. The van der Waals surface area contributed by atoms with Crippen molar-refractivity contribution in [1.82, 2.24) is 14.9 Å². The number of benzene rings is 6. The Kier molecular flexibility index (Phi) is 14.0. The van der Waals surface area contributed by atoms with Crippen LogP contribution in [0.1, 0.15) is 70.7 Å². The van der Waals surface area contributed by atoms with Gasteiger partial charge in [0.05, 0.1) is 23.7 Å². The molecule has 1 fully saturated rings. The van der Waals surface area contributed by atoms with Crippen LogP contribution in [0.2, 0.25) is 0 Å². The standard InChI is InChI=1S/C50H53N3O6S/c1-35-20-26-46(27-21-35)60(56,57)52-47(29-37-12-6-4-7-13-37)49(55)51-32-39-14-10-17-42(28-39)43-18-11-19-44(30-43)50-58-45(33-53(3)36(2)40-15-8-5-9-16-40)31-48(59-50)41-24-22-38(34-54)23-25-41/h4-28,30,36,45,47-48,50,52,54H,29,31-34H2,1-3H3,(H,51,55)/t36-,45+,47+,48-,50-/m0/s1. The number of aliphatic hydroxyl groups excluding tert-OH is 1. The molecule has 6 aromatic carbocycles. The van der Waals surface area contributed by atoms with Gasteiger partial charge in [0.2, 0.25) is 15.9 Å². The Hall–Kier alpha value is -5.46. The Morgan fingerprint density at radius 3 is 2.10 bits per heavy atom. The first-order chi connectivity index (χ1) is 29.0. The SMILES string of the molecule is Cc1ccc(S(=O)(=O)N[C@H](Cc2ccccc2)C(=O)NCc2cccc(-c3cccc([C@H]4O[C@@H](CN(C)[C@@H](C)c5ccccc5)C[C@@H](c5ccc(CO)cc5)O4)c3)c2)cc1. The molecule has 3 N–H and O–H groups in total. The van der Waals surface area contributed by atoms with E-state index in [2.05, 4.69) is 59.2 Å². The fraction of sp³-hybridized carbons (Fsp3) is 0.260. The summed E-state index contributed by atoms with van der Waals surface area (Å²) in [5, 5.41) is 12.6. The summed E-state index contributed by atoms with van der Waals surface area (Å²) in [6.07, 6.45) is -0.101. The van der Waals surface area contributed by atoms with Crippen LogP contribution in [0.4, 0.5) is 0 Å². The number of sulfonamides is 1. The zero-order chi connectivity index (χ0) is 42.1. The molecule has 1 amide bonds. The van der Waals surface area contributed by atoms with Gasteiger partial charge in [-0.1, -0.05) is 139 Å². The second kappa shape index (κ2) is 19.7. The van der Waals surface area contributed by atoms with Gasteiger partial charge in [-0.3, -0.25) is 9.69 Å². The second-order valence-corrected chi connectivity index (χ2v) is 17.3. The molecule has 0 radical (unpaired) electrons. The van der Waals surface area contributed by atoms with E-state index in [-0.39, 0.29) is 42.7 Å². The summed E-state index contributed by atoms with van der Waals surface area (Å²) in [5.41, 5.74) is 8.55. The molecule has 1 heterocycles. The van der Waals surface area contributed by atoms with Gasteiger partial charge in [-0.25, -0.2) is 8.42 Å². The third-order valence-corrected chi connectivity index (χ3v) is 12.7. The van der Waals surface area contributed by atoms with Crippen LogP contribution in [0.15, 0.2) is 163 Å². The number of aryl methyl sites for hydroxylation is 1. The van der Waals surface area contributed by atoms with E-state index in [9.17, 15) is 18.3 Å². The zero-order valence-electron chi connectivity index (χ0n) is 34.3. The highest BCUT2D eigenvalue weighted by molar-refractivity contribution is 7.89. The van der Waals surface area contributed by atoms with Gasteiger partial charge in [-0.05, 0) is 90.5 Å². The van der Waals surface area contributed by atoms with Crippen molar-refractivity contribution in [3.63, 3.8) is 0 Å². The minimum absolute atomic E-state index is 0.0203. The molecule has 0 saturated carbocycles. The van der Waals surface area contributed by atoms with Crippen molar-refractivity contribution in [2.45, 2.75) is 75.3 Å². The molecule has 1 aliphatic heterocycles. The zero-order valence-corrected chi connectivity index (χ0v) is 35.1. The summed E-state index contributed by atoms with van der Waals surface area (Å²) >= 11 is 0.